The number of halogens is 2. The van der Waals surface area contributed by atoms with E-state index in [1.165, 1.54) is 0 Å². The SMILES string of the molecule is O=C(CN1C(=O)S/C(=C/c2ccc(OCc3ccc(Cl)cc3)c(I)c2)C1=O)N1CCN(c2ccccc2)CC1. The molecule has 7 nitrogen and oxygen atoms in total. The first kappa shape index (κ1) is 27.5. The number of nitrogens with zero attached hydrogens (tertiary/aromatic N) is 3. The summed E-state index contributed by atoms with van der Waals surface area (Å²) in [7, 11) is 0. The van der Waals surface area contributed by atoms with Gasteiger partial charge in [0.2, 0.25) is 5.91 Å². The van der Waals surface area contributed by atoms with Gasteiger partial charge in [-0.15, -0.1) is 0 Å². The summed E-state index contributed by atoms with van der Waals surface area (Å²) in [6, 6.07) is 23.1. The van der Waals surface area contributed by atoms with Crippen molar-refractivity contribution in [3.8, 4) is 5.75 Å². The number of para-hydroxylation sites is 1. The predicted octanol–water partition coefficient (Wildman–Crippen LogP) is 5.91. The Morgan fingerprint density at radius 3 is 2.38 bits per heavy atom. The van der Waals surface area contributed by atoms with Crippen LogP contribution < -0.4 is 9.64 Å². The van der Waals surface area contributed by atoms with Crippen molar-refractivity contribution in [2.45, 2.75) is 6.61 Å². The molecule has 39 heavy (non-hydrogen) atoms. The van der Waals surface area contributed by atoms with Gasteiger partial charge in [0.15, 0.2) is 0 Å². The lowest BCUT2D eigenvalue weighted by atomic mass is 10.2. The number of anilines is 1. The van der Waals surface area contributed by atoms with E-state index in [9.17, 15) is 14.4 Å². The van der Waals surface area contributed by atoms with Crippen molar-refractivity contribution < 1.29 is 19.1 Å². The number of ether oxygens (including phenoxy) is 1. The highest BCUT2D eigenvalue weighted by molar-refractivity contribution is 14.1. The Bertz CT molecular complexity index is 1410. The summed E-state index contributed by atoms with van der Waals surface area (Å²) < 4.78 is 6.80. The molecule has 0 unspecified atom stereocenters. The van der Waals surface area contributed by atoms with E-state index in [1.54, 1.807) is 11.0 Å². The summed E-state index contributed by atoms with van der Waals surface area (Å²) in [4.78, 5) is 43.8. The molecule has 3 aromatic carbocycles. The van der Waals surface area contributed by atoms with Gasteiger partial charge in [-0.2, -0.15) is 0 Å². The minimum atomic E-state index is -0.445. The van der Waals surface area contributed by atoms with Crippen LogP contribution in [-0.4, -0.2) is 59.6 Å². The third kappa shape index (κ3) is 6.77. The molecule has 3 amide bonds. The third-order valence-corrected chi connectivity index (χ3v) is 8.48. The molecule has 2 aliphatic heterocycles. The maximum atomic E-state index is 13.0. The maximum Gasteiger partial charge on any atom is 0.294 e. The molecule has 0 N–H and O–H groups in total. The molecule has 0 spiro atoms. The fourth-order valence-corrected chi connectivity index (χ4v) is 6.00. The topological polar surface area (TPSA) is 70.2 Å². The van der Waals surface area contributed by atoms with E-state index in [0.29, 0.717) is 48.5 Å². The maximum absolute atomic E-state index is 13.0. The molecule has 5 rings (SSSR count). The monoisotopic (exact) mass is 673 g/mol. The van der Waals surface area contributed by atoms with Crippen LogP contribution in [-0.2, 0) is 16.2 Å². The van der Waals surface area contributed by atoms with Crippen LogP contribution in [0.4, 0.5) is 10.5 Å². The molecule has 2 heterocycles. The smallest absolute Gasteiger partial charge is 0.294 e. The van der Waals surface area contributed by atoms with Crippen LogP contribution in [0.5, 0.6) is 5.75 Å². The molecule has 2 aliphatic rings. The Morgan fingerprint density at radius 1 is 0.974 bits per heavy atom. The van der Waals surface area contributed by atoms with E-state index in [4.69, 9.17) is 16.3 Å². The van der Waals surface area contributed by atoms with Crippen molar-refractivity contribution in [3.63, 3.8) is 0 Å². The Kier molecular flexibility index (Phi) is 8.79. The van der Waals surface area contributed by atoms with Crippen LogP contribution in [0.15, 0.2) is 77.7 Å². The zero-order valence-electron chi connectivity index (χ0n) is 20.9. The van der Waals surface area contributed by atoms with Crippen LogP contribution in [0.1, 0.15) is 11.1 Å². The van der Waals surface area contributed by atoms with E-state index in [0.717, 1.165) is 37.0 Å². The largest absolute Gasteiger partial charge is 0.488 e. The molecular weight excluding hydrogens is 649 g/mol. The highest BCUT2D eigenvalue weighted by Gasteiger charge is 2.37. The Balaban J connectivity index is 1.17. The van der Waals surface area contributed by atoms with Gasteiger partial charge >= 0.3 is 0 Å². The zero-order chi connectivity index (χ0) is 27.4. The minimum absolute atomic E-state index is 0.219. The molecule has 0 aromatic heterocycles. The second kappa shape index (κ2) is 12.4. The molecule has 0 radical (unpaired) electrons. The molecule has 10 heteroatoms. The molecule has 2 fully saturated rings. The van der Waals surface area contributed by atoms with Gasteiger partial charge in [-0.25, -0.2) is 0 Å². The number of rotatable bonds is 7. The van der Waals surface area contributed by atoms with Crippen molar-refractivity contribution in [2.75, 3.05) is 37.6 Å². The highest BCUT2D eigenvalue weighted by Crippen LogP contribution is 2.33. The predicted molar refractivity (Wildman–Crippen MR) is 163 cm³/mol. The Morgan fingerprint density at radius 2 is 1.69 bits per heavy atom. The van der Waals surface area contributed by atoms with E-state index < -0.39 is 11.1 Å². The van der Waals surface area contributed by atoms with Gasteiger partial charge in [-0.3, -0.25) is 19.3 Å². The number of piperazine rings is 1. The number of benzene rings is 3. The zero-order valence-corrected chi connectivity index (χ0v) is 24.6. The third-order valence-electron chi connectivity index (χ3n) is 6.48. The van der Waals surface area contributed by atoms with E-state index in [1.807, 2.05) is 72.8 Å². The standard InChI is InChI=1S/C29H25ClIN3O4S/c30-22-9-6-20(7-10-22)19-38-25-11-8-21(16-24(25)31)17-26-28(36)34(29(37)39-26)18-27(35)33-14-12-32(13-15-33)23-4-2-1-3-5-23/h1-11,16-17H,12-15,18-19H2/b26-17+. The van der Waals surface area contributed by atoms with Crippen molar-refractivity contribution in [3.05, 3.63) is 97.4 Å². The first-order valence-electron chi connectivity index (χ1n) is 12.4. The van der Waals surface area contributed by atoms with Crippen LogP contribution in [0, 0.1) is 3.57 Å². The summed E-state index contributed by atoms with van der Waals surface area (Å²) in [6.45, 7) is 2.66. The molecule has 0 bridgehead atoms. The van der Waals surface area contributed by atoms with Crippen molar-refractivity contribution in [1.82, 2.24) is 9.80 Å². The number of thioether (sulfide) groups is 1. The quantitative estimate of drug-likeness (QED) is 0.230. The molecule has 200 valence electrons. The summed E-state index contributed by atoms with van der Waals surface area (Å²) in [5.74, 6) is 0.0520. The Hall–Kier alpha value is -3.02. The van der Waals surface area contributed by atoms with E-state index >= 15 is 0 Å². The minimum Gasteiger partial charge on any atom is -0.488 e. The average molecular weight is 674 g/mol. The number of carbonyl (C=O) groups excluding carboxylic acids is 3. The lowest BCUT2D eigenvalue weighted by molar-refractivity contribution is -0.136. The van der Waals surface area contributed by atoms with E-state index in [2.05, 4.69) is 27.5 Å². The summed E-state index contributed by atoms with van der Waals surface area (Å²) >= 11 is 8.97. The molecule has 3 aromatic rings. The number of hydrogen-bond donors (Lipinski definition) is 0. The van der Waals surface area contributed by atoms with Gasteiger partial charge in [0.1, 0.15) is 18.9 Å². The van der Waals surface area contributed by atoms with Gasteiger partial charge in [-0.05, 0) is 88.0 Å². The Labute approximate surface area is 249 Å². The average Bonchev–Trinajstić information content (AvgIpc) is 3.21. The van der Waals surface area contributed by atoms with Crippen LogP contribution in [0.2, 0.25) is 5.02 Å². The van der Waals surface area contributed by atoms with Crippen molar-refractivity contribution in [2.24, 2.45) is 0 Å². The van der Waals surface area contributed by atoms with Crippen LogP contribution in [0.3, 0.4) is 0 Å². The normalized spacial score (nSPS) is 16.8. The molecule has 2 saturated heterocycles. The fraction of sp³-hybridized carbons (Fsp3) is 0.207. The molecule has 0 atom stereocenters. The van der Waals surface area contributed by atoms with Crippen molar-refractivity contribution >= 4 is 74.8 Å². The first-order valence-corrected chi connectivity index (χ1v) is 14.6. The molecule has 0 saturated carbocycles. The van der Waals surface area contributed by atoms with Gasteiger partial charge in [0, 0.05) is 36.9 Å². The van der Waals surface area contributed by atoms with Gasteiger partial charge in [0.25, 0.3) is 11.1 Å². The lowest BCUT2D eigenvalue weighted by Gasteiger charge is -2.36. The number of imide groups is 1. The fourth-order valence-electron chi connectivity index (χ4n) is 4.34. The number of hydrogen-bond acceptors (Lipinski definition) is 6. The van der Waals surface area contributed by atoms with Gasteiger partial charge in [-0.1, -0.05) is 48.0 Å². The second-order valence-corrected chi connectivity index (χ2v) is 11.7. The van der Waals surface area contributed by atoms with Gasteiger partial charge < -0.3 is 14.5 Å². The second-order valence-electron chi connectivity index (χ2n) is 9.08. The molecule has 0 aliphatic carbocycles. The number of carbonyl (C=O) groups is 3. The van der Waals surface area contributed by atoms with Crippen molar-refractivity contribution in [1.29, 1.82) is 0 Å². The molecular formula is C29H25ClIN3O4S. The van der Waals surface area contributed by atoms with Gasteiger partial charge in [0.05, 0.1) is 8.48 Å². The summed E-state index contributed by atoms with van der Waals surface area (Å²) in [6.07, 6.45) is 1.68. The van der Waals surface area contributed by atoms with Crippen LogP contribution in [0.25, 0.3) is 6.08 Å². The summed E-state index contributed by atoms with van der Waals surface area (Å²) in [5.41, 5.74) is 2.89. The first-order chi connectivity index (χ1) is 18.9. The van der Waals surface area contributed by atoms with E-state index in [-0.39, 0.29) is 12.5 Å². The highest BCUT2D eigenvalue weighted by atomic mass is 127. The lowest BCUT2D eigenvalue weighted by Crippen LogP contribution is -2.51. The summed E-state index contributed by atoms with van der Waals surface area (Å²) in [5, 5.41) is 0.244. The van der Waals surface area contributed by atoms with Crippen LogP contribution >= 0.6 is 46.0 Å². The number of amides is 3.